The van der Waals surface area contributed by atoms with E-state index in [1.165, 1.54) is 0 Å². The SMILES string of the molecule is CN1C(=O)C[N+]2=C1C=CC(C)(C)C=C2. The number of likely N-dealkylation sites (N-methyl/N-ethyl adjacent to an activating group) is 1. The van der Waals surface area contributed by atoms with E-state index in [0.717, 1.165) is 5.84 Å². The third kappa shape index (κ3) is 1.39. The highest BCUT2D eigenvalue weighted by Gasteiger charge is 2.34. The maximum atomic E-state index is 11.4. The monoisotopic (exact) mass is 191 g/mol. The number of hydrogen-bond donors (Lipinski definition) is 0. The Balaban J connectivity index is 2.40. The summed E-state index contributed by atoms with van der Waals surface area (Å²) < 4.78 is 1.98. The number of hydrogen-bond acceptors (Lipinski definition) is 1. The van der Waals surface area contributed by atoms with Crippen molar-refractivity contribution in [1.82, 2.24) is 4.90 Å². The van der Waals surface area contributed by atoms with E-state index in [4.69, 9.17) is 0 Å². The van der Waals surface area contributed by atoms with Crippen molar-refractivity contribution in [1.29, 1.82) is 0 Å². The quantitative estimate of drug-likeness (QED) is 0.523. The molecule has 74 valence electrons. The van der Waals surface area contributed by atoms with E-state index < -0.39 is 0 Å². The van der Waals surface area contributed by atoms with Crippen LogP contribution in [0.1, 0.15) is 13.8 Å². The van der Waals surface area contributed by atoms with Crippen molar-refractivity contribution in [3.8, 4) is 0 Å². The lowest BCUT2D eigenvalue weighted by atomic mass is 9.93. The van der Waals surface area contributed by atoms with Crippen molar-refractivity contribution in [3.63, 3.8) is 0 Å². The lowest BCUT2D eigenvalue weighted by Crippen LogP contribution is -2.27. The summed E-state index contributed by atoms with van der Waals surface area (Å²) in [5, 5.41) is 0. The Hall–Kier alpha value is -1.38. The standard InChI is InChI=1S/C11H15N2O/c1-11(2)5-4-9-12(3)10(14)8-13(9)7-6-11/h4-7H,8H2,1-3H3/q+1. The second-order valence-corrected chi connectivity index (χ2v) is 4.41. The summed E-state index contributed by atoms with van der Waals surface area (Å²) in [4.78, 5) is 13.1. The molecule has 2 aliphatic rings. The summed E-state index contributed by atoms with van der Waals surface area (Å²) in [6, 6.07) is 0. The molecule has 0 fully saturated rings. The Bertz CT molecular complexity index is 375. The van der Waals surface area contributed by atoms with E-state index in [9.17, 15) is 4.79 Å². The van der Waals surface area contributed by atoms with Gasteiger partial charge in [-0.2, -0.15) is 4.90 Å². The molecule has 3 heteroatoms. The highest BCUT2D eigenvalue weighted by Crippen LogP contribution is 2.22. The summed E-state index contributed by atoms with van der Waals surface area (Å²) in [5.74, 6) is 1.12. The van der Waals surface area contributed by atoms with Gasteiger partial charge in [0.2, 0.25) is 0 Å². The van der Waals surface area contributed by atoms with Gasteiger partial charge in [-0.3, -0.25) is 0 Å². The van der Waals surface area contributed by atoms with Gasteiger partial charge < -0.3 is 0 Å². The summed E-state index contributed by atoms with van der Waals surface area (Å²) in [6.07, 6.45) is 8.25. The molecule has 3 nitrogen and oxygen atoms in total. The minimum Gasteiger partial charge on any atom is -0.242 e. The van der Waals surface area contributed by atoms with Crippen LogP contribution >= 0.6 is 0 Å². The third-order valence-corrected chi connectivity index (χ3v) is 2.66. The fourth-order valence-electron chi connectivity index (χ4n) is 1.62. The second-order valence-electron chi connectivity index (χ2n) is 4.41. The van der Waals surface area contributed by atoms with Gasteiger partial charge in [-0.25, -0.2) is 9.37 Å². The number of nitrogens with zero attached hydrogens (tertiary/aromatic N) is 2. The first-order valence-electron chi connectivity index (χ1n) is 4.78. The molecule has 0 saturated heterocycles. The predicted molar refractivity (Wildman–Crippen MR) is 55.0 cm³/mol. The van der Waals surface area contributed by atoms with E-state index >= 15 is 0 Å². The second kappa shape index (κ2) is 2.80. The van der Waals surface area contributed by atoms with Crippen LogP contribution in [0.3, 0.4) is 0 Å². The van der Waals surface area contributed by atoms with Crippen LogP contribution in [0.4, 0.5) is 0 Å². The number of carbonyl (C=O) groups is 1. The summed E-state index contributed by atoms with van der Waals surface area (Å²) in [5.41, 5.74) is 0.0707. The number of allylic oxidation sites excluding steroid dienone is 2. The van der Waals surface area contributed by atoms with E-state index in [2.05, 4.69) is 26.0 Å². The molecule has 0 aromatic rings. The Labute approximate surface area is 84.0 Å². The molecule has 0 unspecified atom stereocenters. The van der Waals surface area contributed by atoms with E-state index in [0.29, 0.717) is 6.54 Å². The summed E-state index contributed by atoms with van der Waals surface area (Å²) in [7, 11) is 1.81. The number of amides is 1. The third-order valence-electron chi connectivity index (χ3n) is 2.66. The molecule has 0 N–H and O–H groups in total. The number of amidine groups is 1. The van der Waals surface area contributed by atoms with Crippen molar-refractivity contribution < 1.29 is 9.37 Å². The van der Waals surface area contributed by atoms with Gasteiger partial charge in [0, 0.05) is 11.5 Å². The fourth-order valence-corrected chi connectivity index (χ4v) is 1.62. The van der Waals surface area contributed by atoms with Gasteiger partial charge in [-0.05, 0) is 6.08 Å². The highest BCUT2D eigenvalue weighted by atomic mass is 16.2. The predicted octanol–water partition coefficient (Wildman–Crippen LogP) is 0.979. The van der Waals surface area contributed by atoms with Crippen LogP contribution in [-0.4, -0.2) is 34.8 Å². The average molecular weight is 191 g/mol. The molecule has 2 rings (SSSR count). The Morgan fingerprint density at radius 1 is 1.43 bits per heavy atom. The zero-order chi connectivity index (χ0) is 10.3. The lowest BCUT2D eigenvalue weighted by Gasteiger charge is -2.11. The van der Waals surface area contributed by atoms with Crippen LogP contribution in [0.25, 0.3) is 0 Å². The van der Waals surface area contributed by atoms with Gasteiger partial charge in [0.05, 0.1) is 13.2 Å². The molecule has 0 saturated carbocycles. The number of carbonyl (C=O) groups excluding carboxylic acids is 1. The van der Waals surface area contributed by atoms with Gasteiger partial charge in [0.15, 0.2) is 6.54 Å². The summed E-state index contributed by atoms with van der Waals surface area (Å²) >= 11 is 0. The van der Waals surface area contributed by atoms with Gasteiger partial charge >= 0.3 is 5.91 Å². The first-order valence-corrected chi connectivity index (χ1v) is 4.78. The molecular weight excluding hydrogens is 176 g/mol. The van der Waals surface area contributed by atoms with E-state index in [1.54, 1.807) is 4.90 Å². The first kappa shape index (κ1) is 9.19. The molecule has 0 aromatic heterocycles. The van der Waals surface area contributed by atoms with Crippen molar-refractivity contribution in [2.24, 2.45) is 5.41 Å². The number of rotatable bonds is 0. The molecule has 2 heterocycles. The molecule has 1 amide bonds. The summed E-state index contributed by atoms with van der Waals surface area (Å²) in [6.45, 7) is 4.75. The van der Waals surface area contributed by atoms with Crippen LogP contribution in [0.2, 0.25) is 0 Å². The fraction of sp³-hybridized carbons (Fsp3) is 0.455. The average Bonchev–Trinajstić information content (AvgIpc) is 2.27. The molecule has 0 aromatic carbocycles. The van der Waals surface area contributed by atoms with Gasteiger partial charge in [0.25, 0.3) is 5.84 Å². The van der Waals surface area contributed by atoms with Crippen molar-refractivity contribution >= 4 is 11.7 Å². The molecule has 0 spiro atoms. The molecule has 0 aliphatic carbocycles. The molecule has 14 heavy (non-hydrogen) atoms. The normalized spacial score (nSPS) is 24.2. The van der Waals surface area contributed by atoms with Crippen LogP contribution in [0.15, 0.2) is 24.4 Å². The molecular formula is C11H15N2O+. The zero-order valence-corrected chi connectivity index (χ0v) is 8.82. The van der Waals surface area contributed by atoms with Crippen LogP contribution in [0.5, 0.6) is 0 Å². The van der Waals surface area contributed by atoms with Crippen molar-refractivity contribution in [2.45, 2.75) is 13.8 Å². The van der Waals surface area contributed by atoms with Crippen molar-refractivity contribution in [2.75, 3.05) is 13.6 Å². The van der Waals surface area contributed by atoms with Crippen LogP contribution < -0.4 is 0 Å². The molecule has 0 radical (unpaired) electrons. The first-order chi connectivity index (χ1) is 6.49. The van der Waals surface area contributed by atoms with Crippen LogP contribution in [-0.2, 0) is 4.79 Å². The van der Waals surface area contributed by atoms with Crippen molar-refractivity contribution in [3.05, 3.63) is 24.4 Å². The molecule has 0 atom stereocenters. The van der Waals surface area contributed by atoms with Gasteiger partial charge in [-0.1, -0.05) is 19.9 Å². The van der Waals surface area contributed by atoms with E-state index in [1.807, 2.05) is 23.9 Å². The Morgan fingerprint density at radius 2 is 2.14 bits per heavy atom. The van der Waals surface area contributed by atoms with Crippen LogP contribution in [0, 0.1) is 5.41 Å². The van der Waals surface area contributed by atoms with E-state index in [-0.39, 0.29) is 11.3 Å². The molecule has 2 aliphatic heterocycles. The van der Waals surface area contributed by atoms with Gasteiger partial charge in [0.1, 0.15) is 0 Å². The Kier molecular flexibility index (Phi) is 1.84. The minimum absolute atomic E-state index is 0.0707. The Morgan fingerprint density at radius 3 is 2.86 bits per heavy atom. The maximum absolute atomic E-state index is 11.4. The smallest absolute Gasteiger partial charge is 0.242 e. The largest absolute Gasteiger partial charge is 0.351 e. The minimum atomic E-state index is 0.0707. The topological polar surface area (TPSA) is 23.3 Å². The maximum Gasteiger partial charge on any atom is 0.351 e. The lowest BCUT2D eigenvalue weighted by molar-refractivity contribution is -0.438. The highest BCUT2D eigenvalue weighted by molar-refractivity contribution is 6.04. The van der Waals surface area contributed by atoms with Gasteiger partial charge in [-0.15, -0.1) is 0 Å². The zero-order valence-electron chi connectivity index (χ0n) is 8.82. The molecule has 0 bridgehead atoms.